The van der Waals surface area contributed by atoms with Gasteiger partial charge in [-0.15, -0.1) is 11.3 Å². The molecule has 57 heavy (non-hydrogen) atoms. The van der Waals surface area contributed by atoms with Crippen LogP contribution in [0, 0.1) is 0 Å². The van der Waals surface area contributed by atoms with E-state index in [1.807, 2.05) is 11.3 Å². The van der Waals surface area contributed by atoms with Gasteiger partial charge < -0.3 is 14.3 Å². The van der Waals surface area contributed by atoms with E-state index in [4.69, 9.17) is 9.41 Å². The van der Waals surface area contributed by atoms with Crippen molar-refractivity contribution in [2.24, 2.45) is 4.99 Å². The van der Waals surface area contributed by atoms with Gasteiger partial charge in [-0.1, -0.05) is 133 Å². The maximum atomic E-state index is 6.83. The molecule has 0 fully saturated rings. The predicted molar refractivity (Wildman–Crippen MR) is 238 cm³/mol. The van der Waals surface area contributed by atoms with E-state index in [9.17, 15) is 0 Å². The number of nitrogens with zero attached hydrogens (tertiary/aromatic N) is 2. The van der Waals surface area contributed by atoms with Crippen LogP contribution in [0.25, 0.3) is 80.7 Å². The Bertz CT molecular complexity index is 3270. The third-order valence-corrected chi connectivity index (χ3v) is 12.8. The number of aliphatic imine (C=N–C) groups is 1. The van der Waals surface area contributed by atoms with Gasteiger partial charge in [0.25, 0.3) is 0 Å². The lowest BCUT2D eigenvalue weighted by Gasteiger charge is -2.32. The Balaban J connectivity index is 0.956. The first-order valence-corrected chi connectivity index (χ1v) is 20.5. The normalized spacial score (nSPS) is 17.2. The maximum Gasteiger partial charge on any atom is 0.143 e. The van der Waals surface area contributed by atoms with E-state index in [0.717, 1.165) is 62.9 Å². The van der Waals surface area contributed by atoms with Crippen molar-refractivity contribution >= 4 is 81.1 Å². The van der Waals surface area contributed by atoms with Gasteiger partial charge in [0.2, 0.25) is 0 Å². The molecule has 5 nitrogen and oxygen atoms in total. The number of rotatable bonds is 5. The van der Waals surface area contributed by atoms with E-state index in [1.54, 1.807) is 0 Å². The molecule has 7 aromatic carbocycles. The van der Waals surface area contributed by atoms with Crippen molar-refractivity contribution < 1.29 is 4.42 Å². The van der Waals surface area contributed by atoms with Crippen LogP contribution in [-0.2, 0) is 0 Å². The molecule has 2 unspecified atom stereocenters. The van der Waals surface area contributed by atoms with Crippen LogP contribution in [0.5, 0.6) is 0 Å². The second-order valence-electron chi connectivity index (χ2n) is 15.0. The van der Waals surface area contributed by atoms with Gasteiger partial charge in [-0.05, 0) is 65.9 Å². The lowest BCUT2D eigenvalue weighted by Crippen LogP contribution is -2.45. The van der Waals surface area contributed by atoms with Gasteiger partial charge in [0.05, 0.1) is 16.7 Å². The summed E-state index contributed by atoms with van der Waals surface area (Å²) < 4.78 is 11.8. The van der Waals surface area contributed by atoms with E-state index < -0.39 is 0 Å². The number of furan rings is 1. The first kappa shape index (κ1) is 32.5. The van der Waals surface area contributed by atoms with Gasteiger partial charge >= 0.3 is 0 Å². The Morgan fingerprint density at radius 3 is 2.23 bits per heavy atom. The van der Waals surface area contributed by atoms with Crippen molar-refractivity contribution in [3.05, 3.63) is 187 Å². The molecule has 0 saturated carbocycles. The predicted octanol–water partition coefficient (Wildman–Crippen LogP) is 13.3. The molecule has 3 aromatic heterocycles. The number of nitrogens with one attached hydrogen (secondary N) is 2. The van der Waals surface area contributed by atoms with Gasteiger partial charge in [0.1, 0.15) is 29.3 Å². The van der Waals surface area contributed by atoms with Crippen LogP contribution < -0.4 is 10.6 Å². The van der Waals surface area contributed by atoms with Crippen LogP contribution in [0.1, 0.15) is 36.3 Å². The minimum absolute atomic E-state index is 0.0835. The maximum absolute atomic E-state index is 6.83. The van der Waals surface area contributed by atoms with Crippen molar-refractivity contribution in [2.45, 2.75) is 25.2 Å². The highest BCUT2D eigenvalue weighted by atomic mass is 32.1. The van der Waals surface area contributed by atoms with Gasteiger partial charge in [-0.25, -0.2) is 4.99 Å². The summed E-state index contributed by atoms with van der Waals surface area (Å²) in [4.78, 5) is 5.21. The average molecular weight is 753 g/mol. The molecule has 2 aliphatic rings. The fraction of sp³-hybridized carbons (Fsp3) is 0.0784. The van der Waals surface area contributed by atoms with Gasteiger partial charge in [-0.3, -0.25) is 5.32 Å². The lowest BCUT2D eigenvalue weighted by atomic mass is 10.00. The monoisotopic (exact) mass is 752 g/mol. The topological polar surface area (TPSA) is 54.5 Å². The molecule has 10 aromatic rings. The molecule has 2 N–H and O–H groups in total. The average Bonchev–Trinajstić information content (AvgIpc) is 3.96. The van der Waals surface area contributed by atoms with Crippen LogP contribution in [0.2, 0.25) is 0 Å². The van der Waals surface area contributed by atoms with Crippen molar-refractivity contribution in [3.8, 4) is 16.8 Å². The third-order valence-electron chi connectivity index (χ3n) is 11.7. The Hall–Kier alpha value is -6.73. The third kappa shape index (κ3) is 5.22. The highest BCUT2D eigenvalue weighted by Crippen LogP contribution is 2.44. The number of thiophene rings is 1. The quantitative estimate of drug-likeness (QED) is 0.184. The fourth-order valence-electron chi connectivity index (χ4n) is 9.04. The van der Waals surface area contributed by atoms with Crippen molar-refractivity contribution in [1.82, 2.24) is 15.2 Å². The molecule has 4 heterocycles. The van der Waals surface area contributed by atoms with Crippen LogP contribution in [0.4, 0.5) is 0 Å². The van der Waals surface area contributed by atoms with Crippen LogP contribution in [0.15, 0.2) is 185 Å². The van der Waals surface area contributed by atoms with Gasteiger partial charge in [0.15, 0.2) is 0 Å². The number of hydrogen-bond acceptors (Lipinski definition) is 5. The number of para-hydroxylation sites is 3. The number of aromatic nitrogens is 1. The van der Waals surface area contributed by atoms with Crippen molar-refractivity contribution in [1.29, 1.82) is 0 Å². The minimum atomic E-state index is -0.248. The minimum Gasteiger partial charge on any atom is -0.455 e. The standard InChI is InChI=1S/C51H36N4OS/c1-3-13-31(14-4-1)49-52-50(32-15-5-2-6-16-32)54-51(53-49)34-26-27-38-39-20-11-19-35(48(39)56-44(38)29-34)33-25-28-40-46(30-33)57-45-24-12-23-43(47(40)45)55-41-21-9-7-17-36(41)37-18-8-10-22-42(37)55/h1,3-5,7-30,49,51,53H,2,6H2,(H,52,54). The summed E-state index contributed by atoms with van der Waals surface area (Å²) >= 11 is 1.85. The highest BCUT2D eigenvalue weighted by Gasteiger charge is 2.27. The fourth-order valence-corrected chi connectivity index (χ4v) is 10.2. The molecule has 6 heteroatoms. The summed E-state index contributed by atoms with van der Waals surface area (Å²) in [5, 5.41) is 14.7. The summed E-state index contributed by atoms with van der Waals surface area (Å²) in [5.74, 6) is 0.911. The molecule has 2 atom stereocenters. The van der Waals surface area contributed by atoms with E-state index >= 15 is 0 Å². The first-order chi connectivity index (χ1) is 28.2. The highest BCUT2D eigenvalue weighted by molar-refractivity contribution is 7.26. The number of benzene rings is 7. The number of amidine groups is 1. The van der Waals surface area contributed by atoms with E-state index in [0.29, 0.717) is 0 Å². The molecule has 12 rings (SSSR count). The summed E-state index contributed by atoms with van der Waals surface area (Å²) in [6.07, 6.45) is 8.45. The Morgan fingerprint density at radius 2 is 1.40 bits per heavy atom. The molecule has 0 bridgehead atoms. The van der Waals surface area contributed by atoms with Crippen molar-refractivity contribution in [3.63, 3.8) is 0 Å². The molecule has 0 saturated heterocycles. The first-order valence-electron chi connectivity index (χ1n) is 19.7. The van der Waals surface area contributed by atoms with Crippen LogP contribution in [0.3, 0.4) is 0 Å². The van der Waals surface area contributed by atoms with E-state index in [2.05, 4.69) is 185 Å². The van der Waals surface area contributed by atoms with Crippen LogP contribution in [-0.4, -0.2) is 10.4 Å². The smallest absolute Gasteiger partial charge is 0.143 e. The second kappa shape index (κ2) is 12.9. The largest absolute Gasteiger partial charge is 0.455 e. The molecule has 0 radical (unpaired) electrons. The zero-order valence-corrected chi connectivity index (χ0v) is 31.8. The second-order valence-corrected chi connectivity index (χ2v) is 16.1. The van der Waals surface area contributed by atoms with E-state index in [1.165, 1.54) is 53.2 Å². The Labute approximate surface area is 332 Å². The molecular formula is C51H36N4OS. The molecule has 0 spiro atoms. The van der Waals surface area contributed by atoms with Crippen molar-refractivity contribution in [2.75, 3.05) is 0 Å². The molecule has 1 aliphatic heterocycles. The molecule has 1 aliphatic carbocycles. The number of hydrogen-bond donors (Lipinski definition) is 2. The van der Waals surface area contributed by atoms with Gasteiger partial charge in [-0.2, -0.15) is 0 Å². The SMILES string of the molecule is C1=CC(C2=NC(c3ccc4c(c3)oc3c(-c5ccc6c(c5)sc5cccc(-n7c8ccccc8c8ccccc87)c56)cccc34)NC(c3ccccc3)N2)=CCC1. The Morgan fingerprint density at radius 1 is 0.632 bits per heavy atom. The number of allylic oxidation sites excluding steroid dienone is 2. The van der Waals surface area contributed by atoms with Gasteiger partial charge in [0, 0.05) is 52.9 Å². The summed E-state index contributed by atoms with van der Waals surface area (Å²) in [6.45, 7) is 0. The summed E-state index contributed by atoms with van der Waals surface area (Å²) in [5.41, 5.74) is 11.0. The zero-order chi connectivity index (χ0) is 37.5. The van der Waals surface area contributed by atoms with Crippen LogP contribution >= 0.6 is 11.3 Å². The molecule has 272 valence electrons. The van der Waals surface area contributed by atoms with E-state index in [-0.39, 0.29) is 12.3 Å². The lowest BCUT2D eigenvalue weighted by molar-refractivity contribution is 0.409. The molecular weight excluding hydrogens is 717 g/mol. The number of fused-ring (bicyclic) bond motifs is 9. The molecule has 0 amide bonds. The summed E-state index contributed by atoms with van der Waals surface area (Å²) in [6, 6.07) is 54.7. The summed E-state index contributed by atoms with van der Waals surface area (Å²) in [7, 11) is 0. The zero-order valence-electron chi connectivity index (χ0n) is 30.9. The Kier molecular flexibility index (Phi) is 7.37.